The van der Waals surface area contributed by atoms with Gasteiger partial charge >= 0.3 is 0 Å². The summed E-state index contributed by atoms with van der Waals surface area (Å²) in [6, 6.07) is 7.75. The Morgan fingerprint density at radius 2 is 1.93 bits per heavy atom. The highest BCUT2D eigenvalue weighted by Crippen LogP contribution is 2.53. The lowest BCUT2D eigenvalue weighted by atomic mass is 9.88. The number of anilines is 1. The molecule has 1 N–H and O–H groups in total. The van der Waals surface area contributed by atoms with Gasteiger partial charge in [-0.3, -0.25) is 9.36 Å². The third-order valence-corrected chi connectivity index (χ3v) is 5.27. The molecule has 9 heteroatoms. The summed E-state index contributed by atoms with van der Waals surface area (Å²) < 4.78 is 37.3. The van der Waals surface area contributed by atoms with Crippen LogP contribution in [0, 0.1) is 5.82 Å². The molecule has 0 radical (unpaired) electrons. The number of nitrogens with zero attached hydrogens (tertiary/aromatic N) is 2. The Bertz CT molecular complexity index is 1140. The summed E-state index contributed by atoms with van der Waals surface area (Å²) in [4.78, 5) is 17.2. The van der Waals surface area contributed by atoms with Crippen LogP contribution in [0.2, 0.25) is 0 Å². The minimum atomic E-state index is -0.395. The number of hydrogen-bond acceptors (Lipinski definition) is 6. The van der Waals surface area contributed by atoms with Gasteiger partial charge in [0.1, 0.15) is 18.0 Å². The van der Waals surface area contributed by atoms with E-state index < -0.39 is 5.92 Å². The number of carbonyl (C=O) groups is 1. The van der Waals surface area contributed by atoms with Gasteiger partial charge in [-0.15, -0.1) is 0 Å². The summed E-state index contributed by atoms with van der Waals surface area (Å²) in [6.07, 6.45) is 1.78. The van der Waals surface area contributed by atoms with Gasteiger partial charge in [0.05, 0.1) is 19.9 Å². The Balaban J connectivity index is 1.66. The fourth-order valence-electron chi connectivity index (χ4n) is 3.92. The van der Waals surface area contributed by atoms with Crippen molar-refractivity contribution in [3.05, 3.63) is 53.7 Å². The molecule has 8 nitrogen and oxygen atoms in total. The summed E-state index contributed by atoms with van der Waals surface area (Å²) in [5.41, 5.74) is 2.05. The molecular weight excluding hydrogens is 393 g/mol. The quantitative estimate of drug-likeness (QED) is 0.710. The lowest BCUT2D eigenvalue weighted by Crippen LogP contribution is -2.25. The van der Waals surface area contributed by atoms with E-state index >= 15 is 0 Å². The van der Waals surface area contributed by atoms with Crippen LogP contribution in [-0.2, 0) is 4.79 Å². The number of hydrogen-bond donors (Lipinski definition) is 1. The highest BCUT2D eigenvalue weighted by atomic mass is 19.1. The van der Waals surface area contributed by atoms with Crippen molar-refractivity contribution in [1.29, 1.82) is 0 Å². The lowest BCUT2D eigenvalue weighted by molar-refractivity contribution is -0.116. The first-order chi connectivity index (χ1) is 14.6. The van der Waals surface area contributed by atoms with Crippen LogP contribution in [0.3, 0.4) is 0 Å². The van der Waals surface area contributed by atoms with E-state index in [9.17, 15) is 9.18 Å². The molecule has 2 aliphatic heterocycles. The van der Waals surface area contributed by atoms with E-state index in [2.05, 4.69) is 10.3 Å². The summed E-state index contributed by atoms with van der Waals surface area (Å²) in [5, 5.41) is 2.88. The maximum atomic E-state index is 13.3. The van der Waals surface area contributed by atoms with E-state index in [4.69, 9.17) is 18.9 Å². The van der Waals surface area contributed by atoms with Crippen molar-refractivity contribution >= 4 is 11.7 Å². The molecule has 2 aromatic carbocycles. The fourth-order valence-corrected chi connectivity index (χ4v) is 3.92. The van der Waals surface area contributed by atoms with Crippen molar-refractivity contribution in [2.75, 3.05) is 26.3 Å². The molecule has 0 saturated carbocycles. The average molecular weight is 411 g/mol. The van der Waals surface area contributed by atoms with Gasteiger partial charge in [-0.1, -0.05) is 0 Å². The van der Waals surface area contributed by atoms with Crippen LogP contribution in [0.5, 0.6) is 23.0 Å². The molecule has 3 aromatic rings. The monoisotopic (exact) mass is 411 g/mol. The van der Waals surface area contributed by atoms with Gasteiger partial charge in [0.25, 0.3) is 0 Å². The van der Waals surface area contributed by atoms with E-state index in [1.807, 2.05) is 0 Å². The number of fused-ring (bicyclic) bond motifs is 2. The van der Waals surface area contributed by atoms with Gasteiger partial charge in [-0.05, 0) is 30.3 Å². The number of carbonyl (C=O) groups excluding carboxylic acids is 1. The maximum absolute atomic E-state index is 13.3. The summed E-state index contributed by atoms with van der Waals surface area (Å²) in [7, 11) is 3.07. The number of methoxy groups -OCH3 is 2. The van der Waals surface area contributed by atoms with Gasteiger partial charge in [0, 0.05) is 23.6 Å². The number of imidazole rings is 1. The second-order valence-electron chi connectivity index (χ2n) is 6.90. The second kappa shape index (κ2) is 6.94. The average Bonchev–Trinajstić information content (AvgIpc) is 3.40. The molecule has 1 aromatic heterocycles. The minimum Gasteiger partial charge on any atom is -0.493 e. The Morgan fingerprint density at radius 3 is 2.67 bits per heavy atom. The van der Waals surface area contributed by atoms with E-state index in [0.29, 0.717) is 45.8 Å². The molecule has 0 aliphatic carbocycles. The van der Waals surface area contributed by atoms with Crippen LogP contribution in [0.1, 0.15) is 23.6 Å². The number of amides is 1. The SMILES string of the molecule is COc1cc([C@H]2CC(=O)Nc3c2ncn3-c2ccc(F)cc2)c(OC)c2c1OCO2. The number of ether oxygens (including phenoxy) is 4. The zero-order valence-corrected chi connectivity index (χ0v) is 16.3. The van der Waals surface area contributed by atoms with Crippen LogP contribution >= 0.6 is 0 Å². The molecular formula is C21H18FN3O5. The third kappa shape index (κ3) is 2.73. The molecule has 0 bridgehead atoms. The van der Waals surface area contributed by atoms with Crippen LogP contribution in [0.25, 0.3) is 5.69 Å². The number of aromatic nitrogens is 2. The zero-order chi connectivity index (χ0) is 20.8. The third-order valence-electron chi connectivity index (χ3n) is 5.27. The Labute approximate surface area is 171 Å². The molecule has 3 heterocycles. The van der Waals surface area contributed by atoms with Crippen molar-refractivity contribution in [3.8, 4) is 28.7 Å². The molecule has 154 valence electrons. The first-order valence-electron chi connectivity index (χ1n) is 9.28. The zero-order valence-electron chi connectivity index (χ0n) is 16.3. The van der Waals surface area contributed by atoms with Crippen molar-refractivity contribution in [1.82, 2.24) is 9.55 Å². The molecule has 0 unspecified atom stereocenters. The van der Waals surface area contributed by atoms with E-state index in [1.165, 1.54) is 26.4 Å². The van der Waals surface area contributed by atoms with Gasteiger partial charge < -0.3 is 24.3 Å². The molecule has 0 fully saturated rings. The van der Waals surface area contributed by atoms with Crippen molar-refractivity contribution < 1.29 is 28.1 Å². The molecule has 0 spiro atoms. The minimum absolute atomic E-state index is 0.0566. The highest BCUT2D eigenvalue weighted by molar-refractivity contribution is 5.94. The first-order valence-corrected chi connectivity index (χ1v) is 9.28. The van der Waals surface area contributed by atoms with Crippen LogP contribution in [0.15, 0.2) is 36.7 Å². The lowest BCUT2D eigenvalue weighted by Gasteiger charge is -2.25. The largest absolute Gasteiger partial charge is 0.493 e. The number of nitrogens with one attached hydrogen (secondary N) is 1. The second-order valence-corrected chi connectivity index (χ2v) is 6.90. The van der Waals surface area contributed by atoms with Crippen LogP contribution in [-0.4, -0.2) is 36.5 Å². The summed E-state index contributed by atoms with van der Waals surface area (Å²) >= 11 is 0. The molecule has 30 heavy (non-hydrogen) atoms. The van der Waals surface area contributed by atoms with Gasteiger partial charge in [0.2, 0.25) is 24.2 Å². The van der Waals surface area contributed by atoms with E-state index in [1.54, 1.807) is 29.1 Å². The normalized spacial score (nSPS) is 16.8. The van der Waals surface area contributed by atoms with Crippen molar-refractivity contribution in [3.63, 3.8) is 0 Å². The van der Waals surface area contributed by atoms with Crippen LogP contribution in [0.4, 0.5) is 10.2 Å². The number of halogens is 1. The Morgan fingerprint density at radius 1 is 1.17 bits per heavy atom. The molecule has 0 saturated heterocycles. The molecule has 1 amide bonds. The predicted molar refractivity (Wildman–Crippen MR) is 104 cm³/mol. The molecule has 1 atom stereocenters. The van der Waals surface area contributed by atoms with Crippen molar-refractivity contribution in [2.45, 2.75) is 12.3 Å². The highest BCUT2D eigenvalue weighted by Gasteiger charge is 2.36. The number of benzene rings is 2. The molecule has 5 rings (SSSR count). The Kier molecular flexibility index (Phi) is 4.23. The smallest absolute Gasteiger partial charge is 0.231 e. The standard InChI is InChI=1S/C21H18FN3O5/c1-27-15-7-14(18(28-2)20-19(15)29-10-30-20)13-8-16(26)24-21-17(13)23-9-25(21)12-5-3-11(22)4-6-12/h3-7,9,13H,8,10H2,1-2H3,(H,24,26)/t13-/m1/s1. The van der Waals surface area contributed by atoms with E-state index in [-0.39, 0.29) is 24.9 Å². The van der Waals surface area contributed by atoms with E-state index in [0.717, 1.165) is 0 Å². The number of rotatable bonds is 4. The molecule has 2 aliphatic rings. The maximum Gasteiger partial charge on any atom is 0.231 e. The van der Waals surface area contributed by atoms with Crippen LogP contribution < -0.4 is 24.3 Å². The van der Waals surface area contributed by atoms with Crippen molar-refractivity contribution in [2.24, 2.45) is 0 Å². The first kappa shape index (κ1) is 18.3. The van der Waals surface area contributed by atoms with Gasteiger partial charge in [-0.25, -0.2) is 9.37 Å². The Hall–Kier alpha value is -3.75. The predicted octanol–water partition coefficient (Wildman–Crippen LogP) is 3.23. The topological polar surface area (TPSA) is 83.8 Å². The van der Waals surface area contributed by atoms with Gasteiger partial charge in [0.15, 0.2) is 11.5 Å². The fraction of sp³-hybridized carbons (Fsp3) is 0.238. The summed E-state index contributed by atoms with van der Waals surface area (Å²) in [6.45, 7) is 0.0566. The van der Waals surface area contributed by atoms with Gasteiger partial charge in [-0.2, -0.15) is 0 Å². The summed E-state index contributed by atoms with van der Waals surface area (Å²) in [5.74, 6) is 1.50.